The van der Waals surface area contributed by atoms with Gasteiger partial charge in [-0.05, 0) is 61.2 Å². The molecule has 0 N–H and O–H groups in total. The average molecular weight is 284 g/mol. The Morgan fingerprint density at radius 2 is 1.71 bits per heavy atom. The van der Waals surface area contributed by atoms with Gasteiger partial charge in [0, 0.05) is 0 Å². The molecule has 0 spiro atoms. The van der Waals surface area contributed by atoms with Gasteiger partial charge in [0.1, 0.15) is 12.4 Å². The van der Waals surface area contributed by atoms with Gasteiger partial charge in [0.2, 0.25) is 0 Å². The van der Waals surface area contributed by atoms with Gasteiger partial charge in [-0.15, -0.1) is 0 Å². The Morgan fingerprint density at radius 1 is 1.05 bits per heavy atom. The van der Waals surface area contributed by atoms with Crippen LogP contribution in [0, 0.1) is 20.8 Å². The molecule has 0 atom stereocenters. The van der Waals surface area contributed by atoms with Crippen LogP contribution >= 0.6 is 0 Å². The highest BCUT2D eigenvalue weighted by molar-refractivity contribution is 5.89. The largest absolute Gasteiger partial charge is 0.489 e. The maximum absolute atomic E-state index is 11.4. The Morgan fingerprint density at radius 3 is 2.33 bits per heavy atom. The van der Waals surface area contributed by atoms with E-state index in [1.807, 2.05) is 18.2 Å². The van der Waals surface area contributed by atoms with Crippen LogP contribution in [-0.4, -0.2) is 13.1 Å². The number of ether oxygens (including phenoxy) is 2. The third-order valence-corrected chi connectivity index (χ3v) is 3.53. The molecule has 0 bridgehead atoms. The highest BCUT2D eigenvalue weighted by Gasteiger charge is 2.06. The molecule has 0 radical (unpaired) electrons. The van der Waals surface area contributed by atoms with Gasteiger partial charge in [0.05, 0.1) is 12.7 Å². The summed E-state index contributed by atoms with van der Waals surface area (Å²) in [5.74, 6) is 0.581. The summed E-state index contributed by atoms with van der Waals surface area (Å²) >= 11 is 0. The summed E-state index contributed by atoms with van der Waals surface area (Å²) in [6, 6.07) is 11.4. The van der Waals surface area contributed by atoms with Crippen LogP contribution < -0.4 is 4.74 Å². The number of aryl methyl sites for hydroxylation is 2. The molecule has 2 aromatic carbocycles. The fourth-order valence-corrected chi connectivity index (χ4v) is 2.17. The van der Waals surface area contributed by atoms with Crippen molar-refractivity contribution in [3.05, 3.63) is 64.2 Å². The van der Waals surface area contributed by atoms with Gasteiger partial charge in [-0.2, -0.15) is 0 Å². The summed E-state index contributed by atoms with van der Waals surface area (Å²) in [5, 5.41) is 0. The van der Waals surface area contributed by atoms with Crippen LogP contribution in [0.25, 0.3) is 0 Å². The number of hydrogen-bond donors (Lipinski definition) is 0. The number of esters is 1. The second-order valence-electron chi connectivity index (χ2n) is 5.18. The van der Waals surface area contributed by atoms with Crippen LogP contribution in [0.4, 0.5) is 0 Å². The van der Waals surface area contributed by atoms with Crippen LogP contribution in [0.2, 0.25) is 0 Å². The minimum absolute atomic E-state index is 0.326. The third-order valence-electron chi connectivity index (χ3n) is 3.53. The van der Waals surface area contributed by atoms with Gasteiger partial charge >= 0.3 is 5.97 Å². The Hall–Kier alpha value is -2.29. The lowest BCUT2D eigenvalue weighted by Crippen LogP contribution is -2.02. The van der Waals surface area contributed by atoms with E-state index in [2.05, 4.69) is 31.6 Å². The molecular weight excluding hydrogens is 264 g/mol. The van der Waals surface area contributed by atoms with Gasteiger partial charge in [0.15, 0.2) is 0 Å². The van der Waals surface area contributed by atoms with E-state index in [9.17, 15) is 4.79 Å². The van der Waals surface area contributed by atoms with Crippen LogP contribution in [0.5, 0.6) is 5.75 Å². The Kier molecular flexibility index (Phi) is 4.63. The van der Waals surface area contributed by atoms with Crippen molar-refractivity contribution >= 4 is 5.97 Å². The van der Waals surface area contributed by atoms with Crippen LogP contribution in [0.1, 0.15) is 32.6 Å². The van der Waals surface area contributed by atoms with Crippen molar-refractivity contribution in [2.45, 2.75) is 27.4 Å². The molecule has 0 aliphatic carbocycles. The van der Waals surface area contributed by atoms with Gasteiger partial charge in [0.25, 0.3) is 0 Å². The monoisotopic (exact) mass is 284 g/mol. The molecule has 0 aliphatic rings. The van der Waals surface area contributed by atoms with Gasteiger partial charge < -0.3 is 9.47 Å². The number of carbonyl (C=O) groups excluding carboxylic acids is 1. The SMILES string of the molecule is COC(=O)c1ccc(COc2cc(C)cc(C)c2C)cc1. The second-order valence-corrected chi connectivity index (χ2v) is 5.18. The molecule has 0 aliphatic heterocycles. The summed E-state index contributed by atoms with van der Waals surface area (Å²) < 4.78 is 10.6. The molecular formula is C18H20O3. The molecule has 0 saturated carbocycles. The average Bonchev–Trinajstić information content (AvgIpc) is 2.49. The first-order chi connectivity index (χ1) is 10.0. The lowest BCUT2D eigenvalue weighted by molar-refractivity contribution is 0.0600. The number of rotatable bonds is 4. The molecule has 21 heavy (non-hydrogen) atoms. The van der Waals surface area contributed by atoms with E-state index in [1.54, 1.807) is 12.1 Å². The first kappa shape index (κ1) is 15.1. The van der Waals surface area contributed by atoms with E-state index in [0.717, 1.165) is 16.9 Å². The summed E-state index contributed by atoms with van der Waals surface area (Å²) in [6.07, 6.45) is 0. The van der Waals surface area contributed by atoms with Crippen LogP contribution in [0.3, 0.4) is 0 Å². The number of carbonyl (C=O) groups is 1. The molecule has 2 aromatic rings. The summed E-state index contributed by atoms with van der Waals surface area (Å²) in [5.41, 5.74) is 5.14. The van der Waals surface area contributed by atoms with Gasteiger partial charge in [-0.25, -0.2) is 4.79 Å². The van der Waals surface area contributed by atoms with Crippen LogP contribution in [0.15, 0.2) is 36.4 Å². The molecule has 0 amide bonds. The maximum Gasteiger partial charge on any atom is 0.337 e. The third kappa shape index (κ3) is 3.63. The molecule has 110 valence electrons. The topological polar surface area (TPSA) is 35.5 Å². The van der Waals surface area contributed by atoms with E-state index in [4.69, 9.17) is 4.74 Å². The van der Waals surface area contributed by atoms with Gasteiger partial charge in [-0.3, -0.25) is 0 Å². The maximum atomic E-state index is 11.4. The molecule has 3 nitrogen and oxygen atoms in total. The number of hydrogen-bond acceptors (Lipinski definition) is 3. The molecule has 3 heteroatoms. The van der Waals surface area contributed by atoms with Gasteiger partial charge in [-0.1, -0.05) is 18.2 Å². The quantitative estimate of drug-likeness (QED) is 0.797. The smallest absolute Gasteiger partial charge is 0.337 e. The lowest BCUT2D eigenvalue weighted by atomic mass is 10.1. The van der Waals surface area contributed by atoms with Crippen molar-refractivity contribution in [1.82, 2.24) is 0 Å². The molecule has 0 unspecified atom stereocenters. The summed E-state index contributed by atoms with van der Waals surface area (Å²) in [7, 11) is 1.38. The number of methoxy groups -OCH3 is 1. The van der Waals surface area contributed by atoms with Crippen molar-refractivity contribution in [3.8, 4) is 5.75 Å². The zero-order valence-corrected chi connectivity index (χ0v) is 12.9. The Bertz CT molecular complexity index is 642. The summed E-state index contributed by atoms with van der Waals surface area (Å²) in [4.78, 5) is 11.4. The Labute approximate surface area is 125 Å². The predicted octanol–water partition coefficient (Wildman–Crippen LogP) is 3.98. The molecule has 0 aromatic heterocycles. The lowest BCUT2D eigenvalue weighted by Gasteiger charge is -2.12. The minimum Gasteiger partial charge on any atom is -0.489 e. The first-order valence-corrected chi connectivity index (χ1v) is 6.89. The van der Waals surface area contributed by atoms with Crippen molar-refractivity contribution < 1.29 is 14.3 Å². The van der Waals surface area contributed by atoms with Crippen molar-refractivity contribution in [1.29, 1.82) is 0 Å². The standard InChI is InChI=1S/C18H20O3/c1-12-9-13(2)14(3)17(10-12)21-11-15-5-7-16(8-6-15)18(19)20-4/h5-10H,11H2,1-4H3. The van der Waals surface area contributed by atoms with E-state index in [0.29, 0.717) is 12.2 Å². The molecule has 0 fully saturated rings. The van der Waals surface area contributed by atoms with E-state index in [1.165, 1.54) is 18.2 Å². The Balaban J connectivity index is 2.08. The summed E-state index contributed by atoms with van der Waals surface area (Å²) in [6.45, 7) is 6.68. The van der Waals surface area contributed by atoms with Crippen LogP contribution in [-0.2, 0) is 11.3 Å². The molecule has 0 saturated heterocycles. The van der Waals surface area contributed by atoms with E-state index >= 15 is 0 Å². The van der Waals surface area contributed by atoms with Crippen molar-refractivity contribution in [2.24, 2.45) is 0 Å². The molecule has 2 rings (SSSR count). The predicted molar refractivity (Wildman–Crippen MR) is 82.8 cm³/mol. The van der Waals surface area contributed by atoms with Crippen molar-refractivity contribution in [2.75, 3.05) is 7.11 Å². The normalized spacial score (nSPS) is 10.3. The second kappa shape index (κ2) is 6.44. The van der Waals surface area contributed by atoms with Crippen molar-refractivity contribution in [3.63, 3.8) is 0 Å². The zero-order chi connectivity index (χ0) is 15.4. The van der Waals surface area contributed by atoms with E-state index < -0.39 is 0 Å². The molecule has 0 heterocycles. The first-order valence-electron chi connectivity index (χ1n) is 6.89. The number of benzene rings is 2. The minimum atomic E-state index is -0.326. The fraction of sp³-hybridized carbons (Fsp3) is 0.278. The zero-order valence-electron chi connectivity index (χ0n) is 12.9. The highest BCUT2D eigenvalue weighted by Crippen LogP contribution is 2.24. The fourth-order valence-electron chi connectivity index (χ4n) is 2.17. The highest BCUT2D eigenvalue weighted by atomic mass is 16.5. The van der Waals surface area contributed by atoms with E-state index in [-0.39, 0.29) is 5.97 Å².